The van der Waals surface area contributed by atoms with E-state index in [1.165, 1.54) is 0 Å². The van der Waals surface area contributed by atoms with Crippen molar-refractivity contribution < 1.29 is 9.21 Å². The van der Waals surface area contributed by atoms with Gasteiger partial charge in [-0.2, -0.15) is 0 Å². The zero-order chi connectivity index (χ0) is 9.68. The number of nitrogens with one attached hydrogen (secondary N) is 1. The van der Waals surface area contributed by atoms with E-state index in [1.807, 2.05) is 0 Å². The van der Waals surface area contributed by atoms with Gasteiger partial charge in [-0.15, -0.1) is 6.42 Å². The van der Waals surface area contributed by atoms with Gasteiger partial charge in [0, 0.05) is 0 Å². The highest BCUT2D eigenvalue weighted by Crippen LogP contribution is 2.08. The fourth-order valence-corrected chi connectivity index (χ4v) is 1.10. The number of rotatable bonds is 3. The molecule has 0 saturated carbocycles. The number of hydrogen-bond donors (Lipinski definition) is 1. The Morgan fingerprint density at radius 3 is 2.92 bits per heavy atom. The molecule has 0 aliphatic heterocycles. The molecule has 1 aromatic heterocycles. The number of amides is 1. The van der Waals surface area contributed by atoms with Crippen LogP contribution in [0.25, 0.3) is 0 Å². The van der Waals surface area contributed by atoms with Crippen molar-refractivity contribution in [1.82, 2.24) is 3.53 Å². The van der Waals surface area contributed by atoms with Gasteiger partial charge >= 0.3 is 0 Å². The van der Waals surface area contributed by atoms with Crippen LogP contribution in [0.2, 0.25) is 0 Å². The smallest absolute Gasteiger partial charge is 0.236 e. The molecule has 68 valence electrons. The van der Waals surface area contributed by atoms with Gasteiger partial charge in [0.05, 0.1) is 35.7 Å². The lowest BCUT2D eigenvalue weighted by Crippen LogP contribution is -2.13. The highest BCUT2D eigenvalue weighted by molar-refractivity contribution is 14.1. The predicted molar refractivity (Wildman–Crippen MR) is 57.1 cm³/mol. The molecule has 1 N–H and O–H groups in total. The van der Waals surface area contributed by atoms with Crippen LogP contribution in [0.4, 0.5) is 0 Å². The Kier molecular flexibility index (Phi) is 3.83. The molecule has 0 atom stereocenters. The van der Waals surface area contributed by atoms with Crippen molar-refractivity contribution in [3.05, 3.63) is 23.7 Å². The number of halogens is 1. The third-order valence-electron chi connectivity index (χ3n) is 1.43. The van der Waals surface area contributed by atoms with Gasteiger partial charge < -0.3 is 4.42 Å². The van der Waals surface area contributed by atoms with E-state index < -0.39 is 0 Å². The first-order chi connectivity index (χ1) is 6.26. The highest BCUT2D eigenvalue weighted by Gasteiger charge is 2.05. The summed E-state index contributed by atoms with van der Waals surface area (Å²) < 4.78 is 7.78. The summed E-state index contributed by atoms with van der Waals surface area (Å²) in [4.78, 5) is 10.9. The van der Waals surface area contributed by atoms with Crippen LogP contribution in [0.15, 0.2) is 16.5 Å². The molecule has 3 nitrogen and oxygen atoms in total. The van der Waals surface area contributed by atoms with Gasteiger partial charge in [0.2, 0.25) is 5.91 Å². The zero-order valence-electron chi connectivity index (χ0n) is 6.84. The lowest BCUT2D eigenvalue weighted by atomic mass is 10.3. The van der Waals surface area contributed by atoms with E-state index in [9.17, 15) is 4.79 Å². The maximum atomic E-state index is 10.9. The molecule has 0 saturated heterocycles. The second-order valence-electron chi connectivity index (χ2n) is 2.44. The van der Waals surface area contributed by atoms with Gasteiger partial charge in [-0.05, 0) is 12.1 Å². The summed E-state index contributed by atoms with van der Waals surface area (Å²) in [6.45, 7) is 0. The fourth-order valence-electron chi connectivity index (χ4n) is 0.905. The molecule has 0 radical (unpaired) electrons. The second kappa shape index (κ2) is 4.92. The molecule has 0 fully saturated rings. The third kappa shape index (κ3) is 3.11. The van der Waals surface area contributed by atoms with Crippen molar-refractivity contribution in [3.8, 4) is 12.3 Å². The largest absolute Gasteiger partial charge is 0.465 e. The molecule has 1 aromatic rings. The quantitative estimate of drug-likeness (QED) is 0.520. The summed E-state index contributed by atoms with van der Waals surface area (Å²) in [7, 11) is 0. The molecule has 1 rings (SSSR count). The predicted octanol–water partition coefficient (Wildman–Crippen LogP) is 1.46. The molecule has 0 aliphatic carbocycles. The molecular formula is C9H8INO2. The Hall–Kier alpha value is -0.960. The standard InChI is InChI=1S/C9H8INO2/c1-2-3-7-4-5-8(13-7)6-9(12)11-10/h1,4-5H,3,6H2,(H,11,12). The summed E-state index contributed by atoms with van der Waals surface area (Å²) in [6, 6.07) is 3.55. The molecule has 0 spiro atoms. The minimum Gasteiger partial charge on any atom is -0.465 e. The Labute approximate surface area is 90.4 Å². The Bertz CT molecular complexity index is 338. The van der Waals surface area contributed by atoms with Crippen LogP contribution in [-0.4, -0.2) is 5.91 Å². The van der Waals surface area contributed by atoms with Gasteiger partial charge in [0.25, 0.3) is 0 Å². The first-order valence-corrected chi connectivity index (χ1v) is 4.74. The van der Waals surface area contributed by atoms with Gasteiger partial charge in [-0.1, -0.05) is 5.92 Å². The zero-order valence-corrected chi connectivity index (χ0v) is 9.00. The van der Waals surface area contributed by atoms with E-state index in [0.717, 1.165) is 5.76 Å². The Morgan fingerprint density at radius 2 is 2.31 bits per heavy atom. The van der Waals surface area contributed by atoms with Crippen LogP contribution in [0.5, 0.6) is 0 Å². The highest BCUT2D eigenvalue weighted by atomic mass is 127. The second-order valence-corrected chi connectivity index (χ2v) is 2.98. The van der Waals surface area contributed by atoms with E-state index in [4.69, 9.17) is 10.8 Å². The van der Waals surface area contributed by atoms with Crippen LogP contribution in [0.1, 0.15) is 11.5 Å². The molecule has 0 unspecified atom stereocenters. The number of hydrogen-bond acceptors (Lipinski definition) is 2. The SMILES string of the molecule is C#CCc1ccc(CC(=O)NI)o1. The summed E-state index contributed by atoms with van der Waals surface area (Å²) in [5.41, 5.74) is 0. The Balaban J connectivity index is 2.59. The van der Waals surface area contributed by atoms with E-state index in [-0.39, 0.29) is 12.3 Å². The first kappa shape index (κ1) is 10.1. The van der Waals surface area contributed by atoms with Crippen LogP contribution in [-0.2, 0) is 17.6 Å². The van der Waals surface area contributed by atoms with Gasteiger partial charge in [-0.25, -0.2) is 0 Å². The summed E-state index contributed by atoms with van der Waals surface area (Å²) >= 11 is 1.79. The number of carbonyl (C=O) groups excluding carboxylic acids is 1. The van der Waals surface area contributed by atoms with Crippen molar-refractivity contribution in [2.75, 3.05) is 0 Å². The topological polar surface area (TPSA) is 42.2 Å². The number of furan rings is 1. The molecule has 1 heterocycles. The maximum absolute atomic E-state index is 10.9. The van der Waals surface area contributed by atoms with E-state index >= 15 is 0 Å². The van der Waals surface area contributed by atoms with E-state index in [1.54, 1.807) is 35.0 Å². The minimum absolute atomic E-state index is 0.0813. The minimum atomic E-state index is -0.0813. The number of terminal acetylenes is 1. The average molecular weight is 289 g/mol. The molecule has 0 bridgehead atoms. The summed E-state index contributed by atoms with van der Waals surface area (Å²) in [5, 5.41) is 0. The molecule has 1 amide bonds. The fraction of sp³-hybridized carbons (Fsp3) is 0.222. The lowest BCUT2D eigenvalue weighted by molar-refractivity contribution is -0.118. The summed E-state index contributed by atoms with van der Waals surface area (Å²) in [6.07, 6.45) is 5.83. The van der Waals surface area contributed by atoms with Crippen molar-refractivity contribution >= 4 is 28.8 Å². The molecule has 0 aliphatic rings. The van der Waals surface area contributed by atoms with Crippen molar-refractivity contribution in [2.24, 2.45) is 0 Å². The van der Waals surface area contributed by atoms with E-state index in [2.05, 4.69) is 9.45 Å². The average Bonchev–Trinajstić information content (AvgIpc) is 2.53. The maximum Gasteiger partial charge on any atom is 0.236 e. The van der Waals surface area contributed by atoms with Gasteiger partial charge in [-0.3, -0.25) is 8.32 Å². The normalized spacial score (nSPS) is 9.23. The molecule has 0 aromatic carbocycles. The lowest BCUT2D eigenvalue weighted by Gasteiger charge is -1.93. The third-order valence-corrected chi connectivity index (χ3v) is 2.04. The van der Waals surface area contributed by atoms with Crippen molar-refractivity contribution in [2.45, 2.75) is 12.8 Å². The first-order valence-electron chi connectivity index (χ1n) is 3.66. The summed E-state index contributed by atoms with van der Waals surface area (Å²) in [5.74, 6) is 3.75. The molecule has 13 heavy (non-hydrogen) atoms. The Morgan fingerprint density at radius 1 is 1.62 bits per heavy atom. The van der Waals surface area contributed by atoms with E-state index in [0.29, 0.717) is 12.2 Å². The van der Waals surface area contributed by atoms with Crippen LogP contribution >= 0.6 is 22.9 Å². The van der Waals surface area contributed by atoms with Gasteiger partial charge in [0.15, 0.2) is 0 Å². The van der Waals surface area contributed by atoms with Crippen molar-refractivity contribution in [1.29, 1.82) is 0 Å². The number of carbonyl (C=O) groups is 1. The monoisotopic (exact) mass is 289 g/mol. The van der Waals surface area contributed by atoms with Gasteiger partial charge in [0.1, 0.15) is 11.5 Å². The van der Waals surface area contributed by atoms with Crippen LogP contribution in [0.3, 0.4) is 0 Å². The van der Waals surface area contributed by atoms with Crippen LogP contribution in [0, 0.1) is 12.3 Å². The van der Waals surface area contributed by atoms with Crippen molar-refractivity contribution in [3.63, 3.8) is 0 Å². The molecular weight excluding hydrogens is 281 g/mol. The van der Waals surface area contributed by atoms with Crippen LogP contribution < -0.4 is 3.53 Å². The molecule has 4 heteroatoms.